The Labute approximate surface area is 77.4 Å². The molecule has 0 spiro atoms. The van der Waals surface area contributed by atoms with Gasteiger partial charge >= 0.3 is 0 Å². The van der Waals surface area contributed by atoms with E-state index in [1.165, 1.54) is 0 Å². The van der Waals surface area contributed by atoms with Crippen molar-refractivity contribution in [3.63, 3.8) is 0 Å². The standard InChI is InChI=1S/C10H12N2O/c1-7(13)10(12)9-4-2-8(6-11)3-5-9/h2-5,7,10,13H,12H2,1H3/t7-,10+/m0/s1. The highest BCUT2D eigenvalue weighted by Crippen LogP contribution is 2.14. The quantitative estimate of drug-likeness (QED) is 0.704. The first-order valence-corrected chi connectivity index (χ1v) is 4.09. The molecule has 0 saturated heterocycles. The van der Waals surface area contributed by atoms with Gasteiger partial charge in [-0.2, -0.15) is 5.26 Å². The van der Waals surface area contributed by atoms with Crippen LogP contribution in [0.4, 0.5) is 0 Å². The van der Waals surface area contributed by atoms with Crippen molar-refractivity contribution in [3.05, 3.63) is 35.4 Å². The zero-order valence-electron chi connectivity index (χ0n) is 7.44. The summed E-state index contributed by atoms with van der Waals surface area (Å²) in [6, 6.07) is 8.54. The lowest BCUT2D eigenvalue weighted by atomic mass is 10.0. The summed E-state index contributed by atoms with van der Waals surface area (Å²) in [5.74, 6) is 0. The van der Waals surface area contributed by atoms with Crippen molar-refractivity contribution in [2.24, 2.45) is 5.73 Å². The molecule has 0 amide bonds. The highest BCUT2D eigenvalue weighted by atomic mass is 16.3. The van der Waals surface area contributed by atoms with Crippen LogP contribution >= 0.6 is 0 Å². The van der Waals surface area contributed by atoms with E-state index in [2.05, 4.69) is 0 Å². The molecule has 0 aliphatic rings. The van der Waals surface area contributed by atoms with Crippen LogP contribution in [0.5, 0.6) is 0 Å². The van der Waals surface area contributed by atoms with Crippen LogP contribution in [0, 0.1) is 11.3 Å². The molecule has 3 heteroatoms. The number of nitrogens with two attached hydrogens (primary N) is 1. The lowest BCUT2D eigenvalue weighted by Gasteiger charge is -2.14. The Hall–Kier alpha value is -1.37. The van der Waals surface area contributed by atoms with E-state index in [0.717, 1.165) is 5.56 Å². The van der Waals surface area contributed by atoms with Crippen LogP contribution in [0.1, 0.15) is 24.1 Å². The zero-order chi connectivity index (χ0) is 9.84. The minimum atomic E-state index is -0.576. The monoisotopic (exact) mass is 176 g/mol. The molecule has 0 aromatic heterocycles. The molecule has 3 nitrogen and oxygen atoms in total. The summed E-state index contributed by atoms with van der Waals surface area (Å²) < 4.78 is 0. The van der Waals surface area contributed by atoms with Crippen LogP contribution in [-0.2, 0) is 0 Å². The largest absolute Gasteiger partial charge is 0.391 e. The third-order valence-corrected chi connectivity index (χ3v) is 1.94. The van der Waals surface area contributed by atoms with E-state index >= 15 is 0 Å². The van der Waals surface area contributed by atoms with Crippen molar-refractivity contribution in [1.82, 2.24) is 0 Å². The molecule has 0 aliphatic carbocycles. The third kappa shape index (κ3) is 2.28. The fraction of sp³-hybridized carbons (Fsp3) is 0.300. The van der Waals surface area contributed by atoms with E-state index in [0.29, 0.717) is 5.56 Å². The van der Waals surface area contributed by atoms with Crippen LogP contribution in [0.15, 0.2) is 24.3 Å². The molecular formula is C10H12N2O. The van der Waals surface area contributed by atoms with Gasteiger partial charge in [0.1, 0.15) is 0 Å². The number of aliphatic hydroxyl groups is 1. The van der Waals surface area contributed by atoms with Gasteiger partial charge in [0.2, 0.25) is 0 Å². The molecule has 0 aliphatic heterocycles. The maximum atomic E-state index is 9.21. The van der Waals surface area contributed by atoms with Gasteiger partial charge in [-0.3, -0.25) is 0 Å². The Bertz CT molecular complexity index is 311. The van der Waals surface area contributed by atoms with Crippen LogP contribution < -0.4 is 5.73 Å². The molecule has 0 saturated carbocycles. The van der Waals surface area contributed by atoms with E-state index < -0.39 is 6.10 Å². The summed E-state index contributed by atoms with van der Waals surface area (Å²) in [5, 5.41) is 17.8. The first-order chi connectivity index (χ1) is 6.15. The molecule has 13 heavy (non-hydrogen) atoms. The molecule has 1 aromatic rings. The predicted molar refractivity (Wildman–Crippen MR) is 49.8 cm³/mol. The zero-order valence-corrected chi connectivity index (χ0v) is 7.44. The van der Waals surface area contributed by atoms with Crippen LogP contribution in [-0.4, -0.2) is 11.2 Å². The van der Waals surface area contributed by atoms with Gasteiger partial charge in [-0.25, -0.2) is 0 Å². The third-order valence-electron chi connectivity index (χ3n) is 1.94. The van der Waals surface area contributed by atoms with E-state index in [4.69, 9.17) is 11.0 Å². The first-order valence-electron chi connectivity index (χ1n) is 4.09. The van der Waals surface area contributed by atoms with Crippen molar-refractivity contribution >= 4 is 0 Å². The van der Waals surface area contributed by atoms with Crippen molar-refractivity contribution in [2.45, 2.75) is 19.1 Å². The van der Waals surface area contributed by atoms with E-state index in [1.54, 1.807) is 31.2 Å². The average Bonchev–Trinajstić information content (AvgIpc) is 2.17. The van der Waals surface area contributed by atoms with Gasteiger partial charge in [-0.05, 0) is 24.6 Å². The number of hydrogen-bond donors (Lipinski definition) is 2. The lowest BCUT2D eigenvalue weighted by Crippen LogP contribution is -2.22. The lowest BCUT2D eigenvalue weighted by molar-refractivity contribution is 0.164. The van der Waals surface area contributed by atoms with Gasteiger partial charge in [0.15, 0.2) is 0 Å². The van der Waals surface area contributed by atoms with Crippen LogP contribution in [0.2, 0.25) is 0 Å². The summed E-state index contributed by atoms with van der Waals surface area (Å²) in [7, 11) is 0. The van der Waals surface area contributed by atoms with Gasteiger partial charge in [-0.1, -0.05) is 12.1 Å². The van der Waals surface area contributed by atoms with Crippen molar-refractivity contribution in [2.75, 3.05) is 0 Å². The fourth-order valence-electron chi connectivity index (χ4n) is 1.06. The average molecular weight is 176 g/mol. The van der Waals surface area contributed by atoms with Crippen molar-refractivity contribution in [3.8, 4) is 6.07 Å². The molecule has 3 N–H and O–H groups in total. The van der Waals surface area contributed by atoms with Crippen molar-refractivity contribution < 1.29 is 5.11 Å². The second-order valence-electron chi connectivity index (χ2n) is 3.00. The second kappa shape index (κ2) is 4.04. The van der Waals surface area contributed by atoms with Gasteiger partial charge in [0.25, 0.3) is 0 Å². The van der Waals surface area contributed by atoms with Crippen LogP contribution in [0.3, 0.4) is 0 Å². The summed E-state index contributed by atoms with van der Waals surface area (Å²) in [4.78, 5) is 0. The van der Waals surface area contributed by atoms with Gasteiger partial charge < -0.3 is 10.8 Å². The topological polar surface area (TPSA) is 70.0 Å². The van der Waals surface area contributed by atoms with E-state index in [9.17, 15) is 5.11 Å². The summed E-state index contributed by atoms with van der Waals surface area (Å²) >= 11 is 0. The molecule has 0 unspecified atom stereocenters. The Morgan fingerprint density at radius 1 is 1.38 bits per heavy atom. The summed E-state index contributed by atoms with van der Waals surface area (Å²) in [6.07, 6.45) is -0.576. The number of nitrogens with zero attached hydrogens (tertiary/aromatic N) is 1. The molecular weight excluding hydrogens is 164 g/mol. The fourth-order valence-corrected chi connectivity index (χ4v) is 1.06. The molecule has 0 radical (unpaired) electrons. The van der Waals surface area contributed by atoms with Gasteiger partial charge in [0, 0.05) is 0 Å². The molecule has 0 bridgehead atoms. The predicted octanol–water partition coefficient (Wildman–Crippen LogP) is 0.939. The SMILES string of the molecule is C[C@H](O)[C@@H](N)c1ccc(C#N)cc1. The smallest absolute Gasteiger partial charge is 0.0991 e. The highest BCUT2D eigenvalue weighted by Gasteiger charge is 2.10. The molecule has 0 fully saturated rings. The number of nitriles is 1. The van der Waals surface area contributed by atoms with Gasteiger partial charge in [0.05, 0.1) is 23.8 Å². The Kier molecular flexibility index (Phi) is 3.02. The molecule has 0 heterocycles. The van der Waals surface area contributed by atoms with E-state index in [-0.39, 0.29) is 6.04 Å². The van der Waals surface area contributed by atoms with Crippen molar-refractivity contribution in [1.29, 1.82) is 5.26 Å². The Morgan fingerprint density at radius 2 is 1.92 bits per heavy atom. The second-order valence-corrected chi connectivity index (χ2v) is 3.00. The molecule has 1 rings (SSSR count). The molecule has 2 atom stereocenters. The van der Waals surface area contributed by atoms with E-state index in [1.807, 2.05) is 6.07 Å². The summed E-state index contributed by atoms with van der Waals surface area (Å²) in [5.41, 5.74) is 7.14. The molecule has 68 valence electrons. The maximum absolute atomic E-state index is 9.21. The normalized spacial score (nSPS) is 14.6. The molecule has 1 aromatic carbocycles. The number of aliphatic hydroxyl groups excluding tert-OH is 1. The first kappa shape index (κ1) is 9.72. The highest BCUT2D eigenvalue weighted by molar-refractivity contribution is 5.32. The maximum Gasteiger partial charge on any atom is 0.0991 e. The Balaban J connectivity index is 2.87. The number of rotatable bonds is 2. The minimum absolute atomic E-state index is 0.382. The Morgan fingerprint density at radius 3 is 2.31 bits per heavy atom. The van der Waals surface area contributed by atoms with Crippen LogP contribution in [0.25, 0.3) is 0 Å². The number of benzene rings is 1. The summed E-state index contributed by atoms with van der Waals surface area (Å²) in [6.45, 7) is 1.64. The number of hydrogen-bond acceptors (Lipinski definition) is 3. The van der Waals surface area contributed by atoms with Gasteiger partial charge in [-0.15, -0.1) is 0 Å². The minimum Gasteiger partial charge on any atom is -0.391 e.